The summed E-state index contributed by atoms with van der Waals surface area (Å²) >= 11 is 0. The first-order chi connectivity index (χ1) is 12.7. The van der Waals surface area contributed by atoms with E-state index in [0.717, 1.165) is 5.75 Å². The number of nitrogens with one attached hydrogen (secondary N) is 1. The van der Waals surface area contributed by atoms with Gasteiger partial charge in [-0.05, 0) is 30.7 Å². The van der Waals surface area contributed by atoms with Crippen molar-refractivity contribution >= 4 is 5.91 Å². The maximum Gasteiger partial charge on any atom is 0.261 e. The summed E-state index contributed by atoms with van der Waals surface area (Å²) in [4.78, 5) is 12.5. The predicted octanol–water partition coefficient (Wildman–Crippen LogP) is 2.81. The maximum atomic E-state index is 12.5. The monoisotopic (exact) mass is 357 g/mol. The minimum absolute atomic E-state index is 0.194. The van der Waals surface area contributed by atoms with Crippen molar-refractivity contribution in [3.05, 3.63) is 48.5 Å². The highest BCUT2D eigenvalue weighted by Gasteiger charge is 2.24. The van der Waals surface area contributed by atoms with Gasteiger partial charge in [0.2, 0.25) is 0 Å². The first kappa shape index (κ1) is 17.9. The van der Waals surface area contributed by atoms with Gasteiger partial charge in [-0.15, -0.1) is 0 Å². The van der Waals surface area contributed by atoms with Crippen LogP contribution < -0.4 is 24.3 Å². The van der Waals surface area contributed by atoms with Crippen LogP contribution in [0.25, 0.3) is 0 Å². The van der Waals surface area contributed by atoms with E-state index in [0.29, 0.717) is 36.8 Å². The van der Waals surface area contributed by atoms with Crippen molar-refractivity contribution in [2.75, 3.05) is 20.3 Å². The number of para-hydroxylation sites is 4. The smallest absolute Gasteiger partial charge is 0.261 e. The van der Waals surface area contributed by atoms with Crippen molar-refractivity contribution in [3.8, 4) is 23.0 Å². The molecule has 0 fully saturated rings. The molecule has 2 aromatic carbocycles. The number of ether oxygens (including phenoxy) is 4. The molecular weight excluding hydrogens is 334 g/mol. The number of methoxy groups -OCH3 is 1. The summed E-state index contributed by atoms with van der Waals surface area (Å²) in [5, 5.41) is 2.88. The second-order valence-corrected chi connectivity index (χ2v) is 5.91. The average molecular weight is 357 g/mol. The zero-order valence-electron chi connectivity index (χ0n) is 14.9. The van der Waals surface area contributed by atoms with E-state index in [9.17, 15) is 4.79 Å². The highest BCUT2D eigenvalue weighted by Crippen LogP contribution is 2.31. The molecule has 6 nitrogen and oxygen atoms in total. The molecule has 6 heteroatoms. The fourth-order valence-corrected chi connectivity index (χ4v) is 2.68. The molecule has 26 heavy (non-hydrogen) atoms. The Kier molecular flexibility index (Phi) is 5.84. The van der Waals surface area contributed by atoms with Gasteiger partial charge in [-0.2, -0.15) is 0 Å². The van der Waals surface area contributed by atoms with Gasteiger partial charge < -0.3 is 24.3 Å². The first-order valence-electron chi connectivity index (χ1n) is 8.67. The van der Waals surface area contributed by atoms with Crippen molar-refractivity contribution in [2.45, 2.75) is 25.6 Å². The van der Waals surface area contributed by atoms with E-state index in [2.05, 4.69) is 5.32 Å². The Hall–Kier alpha value is -2.89. The summed E-state index contributed by atoms with van der Waals surface area (Å²) in [7, 11) is 1.57. The molecule has 0 aliphatic carbocycles. The van der Waals surface area contributed by atoms with Crippen LogP contribution >= 0.6 is 0 Å². The molecule has 0 radical (unpaired) electrons. The lowest BCUT2D eigenvalue weighted by Crippen LogP contribution is -2.45. The topological polar surface area (TPSA) is 66.0 Å². The van der Waals surface area contributed by atoms with Crippen LogP contribution in [0.1, 0.15) is 13.3 Å². The number of hydrogen-bond donors (Lipinski definition) is 1. The van der Waals surface area contributed by atoms with Gasteiger partial charge in [-0.25, -0.2) is 0 Å². The molecule has 3 rings (SSSR count). The van der Waals surface area contributed by atoms with E-state index in [-0.39, 0.29) is 12.0 Å². The molecule has 1 aliphatic heterocycles. The number of hydrogen-bond acceptors (Lipinski definition) is 5. The number of carbonyl (C=O) groups is 1. The molecule has 1 aliphatic rings. The fraction of sp³-hybridized carbons (Fsp3) is 0.350. The first-order valence-corrected chi connectivity index (χ1v) is 8.67. The van der Waals surface area contributed by atoms with E-state index in [1.165, 1.54) is 0 Å². The Bertz CT molecular complexity index is 748. The van der Waals surface area contributed by atoms with E-state index < -0.39 is 6.10 Å². The summed E-state index contributed by atoms with van der Waals surface area (Å²) in [6, 6.07) is 14.8. The minimum Gasteiger partial charge on any atom is -0.493 e. The zero-order valence-corrected chi connectivity index (χ0v) is 14.9. The van der Waals surface area contributed by atoms with Gasteiger partial charge in [-0.3, -0.25) is 4.79 Å². The van der Waals surface area contributed by atoms with Crippen molar-refractivity contribution < 1.29 is 23.7 Å². The number of carbonyl (C=O) groups excluding carboxylic acids is 1. The van der Waals surface area contributed by atoms with Crippen molar-refractivity contribution in [2.24, 2.45) is 0 Å². The number of rotatable bonds is 7. The van der Waals surface area contributed by atoms with Gasteiger partial charge >= 0.3 is 0 Å². The largest absolute Gasteiger partial charge is 0.493 e. The zero-order chi connectivity index (χ0) is 18.4. The van der Waals surface area contributed by atoms with Gasteiger partial charge in [0, 0.05) is 0 Å². The van der Waals surface area contributed by atoms with Crippen molar-refractivity contribution in [1.29, 1.82) is 0 Å². The van der Waals surface area contributed by atoms with Gasteiger partial charge in [-0.1, -0.05) is 31.2 Å². The molecule has 1 heterocycles. The van der Waals surface area contributed by atoms with Crippen LogP contribution in [0.15, 0.2) is 48.5 Å². The summed E-state index contributed by atoms with van der Waals surface area (Å²) in [5.41, 5.74) is 0. The summed E-state index contributed by atoms with van der Waals surface area (Å²) in [6.45, 7) is 2.64. The highest BCUT2D eigenvalue weighted by molar-refractivity contribution is 5.81. The van der Waals surface area contributed by atoms with Gasteiger partial charge in [0.1, 0.15) is 12.7 Å². The molecule has 1 amide bonds. The molecule has 1 N–H and O–H groups in total. The predicted molar refractivity (Wildman–Crippen MR) is 97.1 cm³/mol. The summed E-state index contributed by atoms with van der Waals surface area (Å²) in [5.74, 6) is 2.36. The van der Waals surface area contributed by atoms with E-state index in [4.69, 9.17) is 18.9 Å². The Morgan fingerprint density at radius 2 is 1.85 bits per heavy atom. The van der Waals surface area contributed by atoms with Crippen LogP contribution in [0.4, 0.5) is 0 Å². The summed E-state index contributed by atoms with van der Waals surface area (Å²) in [6.07, 6.45) is -0.310. The van der Waals surface area contributed by atoms with Gasteiger partial charge in [0.05, 0.1) is 13.7 Å². The third-order valence-corrected chi connectivity index (χ3v) is 4.07. The molecule has 0 aromatic heterocycles. The molecule has 0 unspecified atom stereocenters. The number of benzene rings is 2. The molecule has 0 saturated heterocycles. The highest BCUT2D eigenvalue weighted by atomic mass is 16.6. The molecular formula is C20H23NO5. The SMILES string of the molecule is CC[C@@H](Oc1ccccc1OC)C(=O)NC[C@H]1COc2ccccc2O1. The lowest BCUT2D eigenvalue weighted by molar-refractivity contribution is -0.128. The molecule has 2 atom stereocenters. The van der Waals surface area contributed by atoms with Crippen LogP contribution in [-0.4, -0.2) is 38.4 Å². The molecule has 0 spiro atoms. The van der Waals surface area contributed by atoms with E-state index in [1.54, 1.807) is 19.2 Å². The van der Waals surface area contributed by atoms with Crippen molar-refractivity contribution in [1.82, 2.24) is 5.32 Å². The Labute approximate surface area is 153 Å². The molecule has 138 valence electrons. The summed E-state index contributed by atoms with van der Waals surface area (Å²) < 4.78 is 22.6. The Morgan fingerprint density at radius 3 is 2.58 bits per heavy atom. The van der Waals surface area contributed by atoms with Gasteiger partial charge in [0.15, 0.2) is 29.1 Å². The lowest BCUT2D eigenvalue weighted by Gasteiger charge is -2.27. The van der Waals surface area contributed by atoms with Gasteiger partial charge in [0.25, 0.3) is 5.91 Å². The van der Waals surface area contributed by atoms with Crippen LogP contribution in [0.5, 0.6) is 23.0 Å². The minimum atomic E-state index is -0.608. The second kappa shape index (κ2) is 8.47. The Morgan fingerprint density at radius 1 is 1.15 bits per heavy atom. The average Bonchev–Trinajstić information content (AvgIpc) is 2.70. The molecule has 0 bridgehead atoms. The van der Waals surface area contributed by atoms with E-state index in [1.807, 2.05) is 43.3 Å². The fourth-order valence-electron chi connectivity index (χ4n) is 2.68. The third-order valence-electron chi connectivity index (χ3n) is 4.07. The Balaban J connectivity index is 1.55. The van der Waals surface area contributed by atoms with Crippen LogP contribution in [0.3, 0.4) is 0 Å². The van der Waals surface area contributed by atoms with Crippen LogP contribution in [0, 0.1) is 0 Å². The molecule has 2 aromatic rings. The number of fused-ring (bicyclic) bond motifs is 1. The second-order valence-electron chi connectivity index (χ2n) is 5.91. The maximum absolute atomic E-state index is 12.5. The van der Waals surface area contributed by atoms with Crippen LogP contribution in [0.2, 0.25) is 0 Å². The normalized spacial score (nSPS) is 16.5. The van der Waals surface area contributed by atoms with Crippen LogP contribution in [-0.2, 0) is 4.79 Å². The quantitative estimate of drug-likeness (QED) is 0.825. The van der Waals surface area contributed by atoms with E-state index >= 15 is 0 Å². The van der Waals surface area contributed by atoms with Crippen molar-refractivity contribution in [3.63, 3.8) is 0 Å². The number of amides is 1. The third kappa shape index (κ3) is 4.20. The lowest BCUT2D eigenvalue weighted by atomic mass is 10.2. The molecule has 0 saturated carbocycles. The standard InChI is InChI=1S/C20H23NO5/c1-3-15(26-18-10-6-4-8-16(18)23-2)20(22)21-12-14-13-24-17-9-5-7-11-19(17)25-14/h4-11,14-15H,3,12-13H2,1-2H3,(H,21,22)/t14-,15+/m0/s1.